The predicted molar refractivity (Wildman–Crippen MR) is 188 cm³/mol. The normalized spacial score (nSPS) is 12.9. The molecule has 6 amide bonds. The Bertz CT molecular complexity index is 1390. The van der Waals surface area contributed by atoms with Crippen molar-refractivity contribution in [2.75, 3.05) is 39.4 Å². The van der Waals surface area contributed by atoms with E-state index in [9.17, 15) is 47.9 Å². The lowest BCUT2D eigenvalue weighted by molar-refractivity contribution is -0.145. The quantitative estimate of drug-likeness (QED) is 0.0208. The van der Waals surface area contributed by atoms with Gasteiger partial charge in [-0.3, -0.25) is 43.3 Å². The Morgan fingerprint density at radius 2 is 1.02 bits per heavy atom. The van der Waals surface area contributed by atoms with Gasteiger partial charge in [0.1, 0.15) is 24.2 Å². The highest BCUT2D eigenvalue weighted by molar-refractivity contribution is 5.95. The molecule has 20 N–H and O–H groups in total. The highest BCUT2D eigenvalue weighted by Crippen LogP contribution is 1.99. The molecule has 0 aromatic carbocycles. The molecule has 27 heteroatoms. The number of carboxylic acid groups (broad SMARTS) is 4. The zero-order valence-corrected chi connectivity index (χ0v) is 30.1. The third-order valence-electron chi connectivity index (χ3n) is 6.69. The first-order chi connectivity index (χ1) is 26.2. The molecule has 0 saturated heterocycles. The first-order valence-electron chi connectivity index (χ1n) is 16.5. The Morgan fingerprint density at radius 1 is 0.571 bits per heavy atom. The number of aliphatic imine (C=N–C) groups is 1. The van der Waals surface area contributed by atoms with Crippen LogP contribution in [0.4, 0.5) is 0 Å². The number of unbranched alkanes of at least 4 members (excludes halogenated alkanes) is 1. The zero-order chi connectivity index (χ0) is 43.4. The van der Waals surface area contributed by atoms with Crippen LogP contribution in [0.3, 0.4) is 0 Å². The van der Waals surface area contributed by atoms with Crippen molar-refractivity contribution < 1.29 is 78.6 Å². The van der Waals surface area contributed by atoms with Crippen LogP contribution in [0.25, 0.3) is 0 Å². The average Bonchev–Trinajstić information content (AvgIpc) is 3.11. The van der Waals surface area contributed by atoms with E-state index in [1.165, 1.54) is 0 Å². The van der Waals surface area contributed by atoms with Crippen LogP contribution in [0.5, 0.6) is 0 Å². The lowest BCUT2D eigenvalue weighted by Gasteiger charge is -2.19. The van der Waals surface area contributed by atoms with E-state index >= 15 is 0 Å². The minimum Gasteiger partial charge on any atom is -0.481 e. The van der Waals surface area contributed by atoms with Gasteiger partial charge in [0.05, 0.1) is 45.2 Å². The third kappa shape index (κ3) is 25.7. The van der Waals surface area contributed by atoms with E-state index in [4.69, 9.17) is 53.6 Å². The Hall–Kier alpha value is -6.19. The van der Waals surface area contributed by atoms with E-state index in [1.54, 1.807) is 0 Å². The third-order valence-corrected chi connectivity index (χ3v) is 6.69. The van der Waals surface area contributed by atoms with Crippen molar-refractivity contribution in [1.82, 2.24) is 31.9 Å². The monoisotopic (exact) mass is 809 g/mol. The molecule has 0 rings (SSSR count). The van der Waals surface area contributed by atoms with E-state index in [0.717, 1.165) is 0 Å². The van der Waals surface area contributed by atoms with Gasteiger partial charge in [0.25, 0.3) is 0 Å². The molecule has 0 aromatic heterocycles. The lowest BCUT2D eigenvalue weighted by Crippen LogP contribution is -2.55. The summed E-state index contributed by atoms with van der Waals surface area (Å²) in [5.41, 5.74) is 21.3. The smallest absolute Gasteiger partial charge is 0.328 e. The molecule has 318 valence electrons. The molecule has 0 aliphatic rings. The highest BCUT2D eigenvalue weighted by atomic mass is 16.4. The van der Waals surface area contributed by atoms with Gasteiger partial charge < -0.3 is 85.5 Å². The first-order valence-corrected chi connectivity index (χ1v) is 16.5. The molecule has 0 aliphatic heterocycles. The van der Waals surface area contributed by atoms with Crippen molar-refractivity contribution in [3.8, 4) is 0 Å². The number of nitrogens with zero attached hydrogens (tertiary/aromatic N) is 1. The summed E-state index contributed by atoms with van der Waals surface area (Å²) >= 11 is 0. The molecule has 0 bridgehead atoms. The number of rotatable bonds is 27. The summed E-state index contributed by atoms with van der Waals surface area (Å²) in [7, 11) is 0. The number of hydrogen-bond donors (Lipinski definition) is 16. The maximum Gasteiger partial charge on any atom is 0.328 e. The maximum atomic E-state index is 12.0. The fourth-order valence-electron chi connectivity index (χ4n) is 3.82. The Morgan fingerprint density at radius 3 is 1.39 bits per heavy atom. The Balaban J connectivity index is 0. The van der Waals surface area contributed by atoms with Gasteiger partial charge in [0.15, 0.2) is 5.96 Å². The topological polar surface area (TPSA) is 481 Å². The number of nitrogens with one attached hydrogen (secondary N) is 6. The van der Waals surface area contributed by atoms with Gasteiger partial charge in [0, 0.05) is 13.0 Å². The minimum atomic E-state index is -1.68. The number of carbonyl (C=O) groups excluding carboxylic acids is 6. The number of guanidine groups is 1. The first kappa shape index (κ1) is 51.9. The van der Waals surface area contributed by atoms with Crippen LogP contribution in [0.1, 0.15) is 44.9 Å². The second-order valence-electron chi connectivity index (χ2n) is 11.4. The molecule has 56 heavy (non-hydrogen) atoms. The number of carboxylic acids is 4. The number of amides is 6. The number of aliphatic hydroxyl groups is 2. The standard InChI is InChI=1S/C15H27N7O8.C14H24N4O8/c16-7(2-1-3-19-15(17)18)12(27)20-5-10(24)21-8(4-11(25)26)13(28)22-9(6-23)14(29)30;15-4-2-1-3-10(20)16-6-11(21)17-8(5-12(22)23)13(24)18-9(7-19)14(25)26/h7-9,23H,1-6,16H2,(H,20,27)(H,21,24)(H,22,28)(H,25,26)(H,29,30)(H4,17,18,19);8-9,19H,1-7,15H2,(H,16,20)(H,17,21)(H,18,24)(H,22,23)(H,25,26). The fraction of sp³-hybridized carbons (Fsp3) is 0.621. The van der Waals surface area contributed by atoms with E-state index in [2.05, 4.69) is 26.3 Å². The predicted octanol–water partition coefficient (Wildman–Crippen LogP) is -8.24. The Kier molecular flexibility index (Phi) is 27.1. The SMILES string of the molecule is NC(N)=NCCCC(N)C(=O)NCC(=O)NC(CC(=O)O)C(=O)NC(CO)C(=O)O.NCCCCC(=O)NCC(=O)NC(CC(=O)O)C(=O)NC(CO)C(=O)O. The zero-order valence-electron chi connectivity index (χ0n) is 30.1. The molecule has 0 spiro atoms. The van der Waals surface area contributed by atoms with Gasteiger partial charge in [-0.1, -0.05) is 0 Å². The second-order valence-corrected chi connectivity index (χ2v) is 11.4. The van der Waals surface area contributed by atoms with Crippen LogP contribution < -0.4 is 54.8 Å². The molecule has 0 saturated carbocycles. The Labute approximate surface area is 318 Å². The van der Waals surface area contributed by atoms with Gasteiger partial charge >= 0.3 is 23.9 Å². The van der Waals surface area contributed by atoms with Gasteiger partial charge in [-0.25, -0.2) is 9.59 Å². The lowest BCUT2D eigenvalue weighted by atomic mass is 10.1. The van der Waals surface area contributed by atoms with Crippen molar-refractivity contribution in [3.63, 3.8) is 0 Å². The van der Waals surface area contributed by atoms with Crippen LogP contribution >= 0.6 is 0 Å². The number of aliphatic carboxylic acids is 4. The van der Waals surface area contributed by atoms with Crippen LogP contribution in [-0.4, -0.2) is 166 Å². The average molecular weight is 810 g/mol. The van der Waals surface area contributed by atoms with Crippen molar-refractivity contribution in [2.45, 2.75) is 75.2 Å². The van der Waals surface area contributed by atoms with E-state index in [0.29, 0.717) is 25.8 Å². The summed E-state index contributed by atoms with van der Waals surface area (Å²) in [4.78, 5) is 118. The summed E-state index contributed by atoms with van der Waals surface area (Å²) in [5.74, 6) is -11.0. The molecule has 0 fully saturated rings. The molecule has 5 atom stereocenters. The van der Waals surface area contributed by atoms with Crippen molar-refractivity contribution in [2.24, 2.45) is 27.9 Å². The molecule has 0 radical (unpaired) electrons. The summed E-state index contributed by atoms with van der Waals surface area (Å²) in [6.07, 6.45) is 0.344. The molecular weight excluding hydrogens is 758 g/mol. The van der Waals surface area contributed by atoms with Crippen LogP contribution in [0.15, 0.2) is 4.99 Å². The molecule has 0 aliphatic carbocycles. The molecule has 5 unspecified atom stereocenters. The second kappa shape index (κ2) is 29.2. The van der Waals surface area contributed by atoms with E-state index < -0.39 is 129 Å². The number of carbonyl (C=O) groups is 10. The van der Waals surface area contributed by atoms with Crippen molar-refractivity contribution in [3.05, 3.63) is 0 Å². The van der Waals surface area contributed by atoms with Gasteiger partial charge in [0.2, 0.25) is 35.4 Å². The summed E-state index contributed by atoms with van der Waals surface area (Å²) in [6.45, 7) is -2.23. The van der Waals surface area contributed by atoms with Gasteiger partial charge in [-0.15, -0.1) is 0 Å². The number of nitrogens with two attached hydrogens (primary N) is 4. The number of hydrogen-bond acceptors (Lipinski definition) is 15. The molecular formula is C29H51N11O16. The van der Waals surface area contributed by atoms with Gasteiger partial charge in [-0.05, 0) is 32.2 Å². The maximum absolute atomic E-state index is 12.0. The molecule has 0 heterocycles. The fourth-order valence-corrected chi connectivity index (χ4v) is 3.82. The molecule has 0 aromatic rings. The molecule has 27 nitrogen and oxygen atoms in total. The summed E-state index contributed by atoms with van der Waals surface area (Å²) in [6, 6.07) is -7.47. The summed E-state index contributed by atoms with van der Waals surface area (Å²) < 4.78 is 0. The van der Waals surface area contributed by atoms with Crippen LogP contribution in [0.2, 0.25) is 0 Å². The minimum absolute atomic E-state index is 0.0988. The van der Waals surface area contributed by atoms with Crippen molar-refractivity contribution >= 4 is 65.3 Å². The van der Waals surface area contributed by atoms with Crippen LogP contribution in [-0.2, 0) is 47.9 Å². The number of aliphatic hydroxyl groups excluding tert-OH is 2. The van der Waals surface area contributed by atoms with Crippen molar-refractivity contribution in [1.29, 1.82) is 0 Å². The largest absolute Gasteiger partial charge is 0.481 e. The van der Waals surface area contributed by atoms with Gasteiger partial charge in [-0.2, -0.15) is 0 Å². The van der Waals surface area contributed by atoms with Crippen LogP contribution in [0, 0.1) is 0 Å². The van der Waals surface area contributed by atoms with E-state index in [-0.39, 0.29) is 25.3 Å². The summed E-state index contributed by atoms with van der Waals surface area (Å²) in [5, 5.41) is 65.5. The van der Waals surface area contributed by atoms with E-state index in [1.807, 2.05) is 10.6 Å². The highest BCUT2D eigenvalue weighted by Gasteiger charge is 2.29.